The number of aromatic nitrogens is 1. The van der Waals surface area contributed by atoms with Crippen molar-refractivity contribution < 1.29 is 35.7 Å². The molecule has 1 fully saturated rings. The highest BCUT2D eigenvalue weighted by molar-refractivity contribution is 5.94. The lowest BCUT2D eigenvalue weighted by Gasteiger charge is -2.31. The molecule has 1 aromatic heterocycles. The van der Waals surface area contributed by atoms with Gasteiger partial charge in [0.25, 0.3) is 5.91 Å². The summed E-state index contributed by atoms with van der Waals surface area (Å²) in [5, 5.41) is 6.48. The molecule has 0 spiro atoms. The number of benzene rings is 1. The summed E-state index contributed by atoms with van der Waals surface area (Å²) >= 11 is 0. The number of nitrogens with zero attached hydrogens (tertiary/aromatic N) is 2. The van der Waals surface area contributed by atoms with Crippen LogP contribution in [0.3, 0.4) is 0 Å². The number of rotatable bonds is 6. The molecule has 182 valence electrons. The van der Waals surface area contributed by atoms with E-state index in [1.807, 2.05) is 24.9 Å². The topological polar surface area (TPSA) is 58.4 Å². The Balaban J connectivity index is 1.54. The van der Waals surface area contributed by atoms with Crippen LogP contribution in [-0.2, 0) is 12.4 Å². The van der Waals surface area contributed by atoms with Gasteiger partial charge in [0.15, 0.2) is 5.82 Å². The van der Waals surface area contributed by atoms with Gasteiger partial charge in [-0.3, -0.25) is 4.79 Å². The summed E-state index contributed by atoms with van der Waals surface area (Å²) in [6.45, 7) is 2.80. The molecule has 1 aromatic carbocycles. The van der Waals surface area contributed by atoms with Gasteiger partial charge in [0.05, 0.1) is 11.1 Å². The zero-order valence-electron chi connectivity index (χ0n) is 18.2. The molecule has 0 aliphatic heterocycles. The lowest BCUT2D eigenvalue weighted by Crippen LogP contribution is -2.34. The van der Waals surface area contributed by atoms with Crippen LogP contribution in [0.25, 0.3) is 0 Å². The minimum atomic E-state index is -4.99. The maximum absolute atomic E-state index is 13.0. The fraction of sp³-hybridized carbons (Fsp3) is 0.545. The molecule has 0 atom stereocenters. The number of anilines is 1. The van der Waals surface area contributed by atoms with Crippen LogP contribution >= 0.6 is 0 Å². The first-order valence-electron chi connectivity index (χ1n) is 10.5. The van der Waals surface area contributed by atoms with Crippen LogP contribution in [0.5, 0.6) is 0 Å². The molecule has 1 amide bonds. The number of carbonyl (C=O) groups is 1. The Kier molecular flexibility index (Phi) is 7.28. The van der Waals surface area contributed by atoms with Crippen LogP contribution < -0.4 is 10.2 Å². The third-order valence-corrected chi connectivity index (χ3v) is 5.91. The smallest absolute Gasteiger partial charge is 0.360 e. The van der Waals surface area contributed by atoms with Crippen LogP contribution in [0.2, 0.25) is 0 Å². The monoisotopic (exact) mass is 477 g/mol. The highest BCUT2D eigenvalue weighted by atomic mass is 19.4. The van der Waals surface area contributed by atoms with E-state index in [1.54, 1.807) is 0 Å². The number of amides is 1. The summed E-state index contributed by atoms with van der Waals surface area (Å²) in [5.74, 6) is 1.05. The molecule has 1 heterocycles. The molecule has 2 aromatic rings. The van der Waals surface area contributed by atoms with Gasteiger partial charge in [-0.1, -0.05) is 5.16 Å². The van der Waals surface area contributed by atoms with E-state index in [0.717, 1.165) is 43.8 Å². The van der Waals surface area contributed by atoms with E-state index in [4.69, 9.17) is 4.52 Å². The molecule has 0 radical (unpaired) electrons. The molecule has 0 bridgehead atoms. The maximum atomic E-state index is 13.0. The Hall–Kier alpha value is -2.72. The number of hydrogen-bond acceptors (Lipinski definition) is 4. The summed E-state index contributed by atoms with van der Waals surface area (Å²) in [4.78, 5) is 14.4. The molecule has 1 aliphatic rings. The second kappa shape index (κ2) is 9.64. The molecule has 1 N–H and O–H groups in total. The van der Waals surface area contributed by atoms with E-state index in [2.05, 4.69) is 10.5 Å². The van der Waals surface area contributed by atoms with Gasteiger partial charge in [-0.05, 0) is 62.6 Å². The van der Waals surface area contributed by atoms with Crippen LogP contribution in [0.15, 0.2) is 28.8 Å². The van der Waals surface area contributed by atoms with Gasteiger partial charge in [-0.25, -0.2) is 0 Å². The Bertz CT molecular complexity index is 930. The van der Waals surface area contributed by atoms with Crippen molar-refractivity contribution in [2.45, 2.75) is 45.0 Å². The third-order valence-electron chi connectivity index (χ3n) is 5.91. The Labute approximate surface area is 187 Å². The fourth-order valence-corrected chi connectivity index (χ4v) is 4.06. The Morgan fingerprint density at radius 1 is 1.00 bits per heavy atom. The quantitative estimate of drug-likeness (QED) is 0.543. The van der Waals surface area contributed by atoms with Crippen LogP contribution in [0.4, 0.5) is 32.2 Å². The number of halogens is 6. The number of aryl methyl sites for hydroxylation is 1. The van der Waals surface area contributed by atoms with Crippen molar-refractivity contribution in [2.24, 2.45) is 11.8 Å². The summed E-state index contributed by atoms with van der Waals surface area (Å²) in [5.41, 5.74) is -3.67. The molecule has 33 heavy (non-hydrogen) atoms. The SMILES string of the molecule is Cc1cc(N(C)CC2CCC(CNC(=O)c3cc(C(F)(F)F)cc(C(F)(F)F)c3)CC2)no1. The van der Waals surface area contributed by atoms with Gasteiger partial charge in [0, 0.05) is 31.8 Å². The highest BCUT2D eigenvalue weighted by Gasteiger charge is 2.37. The molecular formula is C22H25F6N3O2. The molecule has 11 heteroatoms. The predicted molar refractivity (Wildman–Crippen MR) is 109 cm³/mol. The average Bonchev–Trinajstić information content (AvgIpc) is 3.18. The fourth-order valence-electron chi connectivity index (χ4n) is 4.06. The largest absolute Gasteiger partial charge is 0.416 e. The summed E-state index contributed by atoms with van der Waals surface area (Å²) in [7, 11) is 1.92. The van der Waals surface area contributed by atoms with Gasteiger partial charge < -0.3 is 14.7 Å². The second-order valence-electron chi connectivity index (χ2n) is 8.57. The average molecular weight is 477 g/mol. The zero-order valence-corrected chi connectivity index (χ0v) is 18.2. The molecule has 3 rings (SSSR count). The first kappa shape index (κ1) is 24.9. The molecule has 0 unspecified atom stereocenters. The first-order chi connectivity index (χ1) is 15.3. The second-order valence-corrected chi connectivity index (χ2v) is 8.57. The predicted octanol–water partition coefficient (Wildman–Crippen LogP) is 5.69. The van der Waals surface area contributed by atoms with Gasteiger partial charge >= 0.3 is 12.4 Å². The van der Waals surface area contributed by atoms with E-state index in [-0.39, 0.29) is 18.5 Å². The molecule has 1 aliphatic carbocycles. The van der Waals surface area contributed by atoms with Crippen LogP contribution in [0.1, 0.15) is 52.9 Å². The third kappa shape index (κ3) is 6.64. The van der Waals surface area contributed by atoms with Crippen molar-refractivity contribution in [1.82, 2.24) is 10.5 Å². The Morgan fingerprint density at radius 3 is 2.03 bits per heavy atom. The van der Waals surface area contributed by atoms with Gasteiger partial charge in [0.2, 0.25) is 0 Å². The standard InChI is InChI=1S/C22H25F6N3O2/c1-13-7-19(30-33-13)31(2)12-15-5-3-14(4-6-15)11-29-20(32)16-8-17(21(23,24)25)10-18(9-16)22(26,27)28/h7-10,14-15H,3-6,11-12H2,1-2H3,(H,29,32). The van der Waals surface area contributed by atoms with E-state index in [9.17, 15) is 31.1 Å². The van der Waals surface area contributed by atoms with Crippen molar-refractivity contribution in [2.75, 3.05) is 25.0 Å². The first-order valence-corrected chi connectivity index (χ1v) is 10.5. The van der Waals surface area contributed by atoms with Gasteiger partial charge in [0.1, 0.15) is 5.76 Å². The summed E-state index contributed by atoms with van der Waals surface area (Å²) < 4.78 is 83.1. The van der Waals surface area contributed by atoms with E-state index >= 15 is 0 Å². The minimum absolute atomic E-state index is 0.00937. The minimum Gasteiger partial charge on any atom is -0.360 e. The Morgan fingerprint density at radius 2 is 1.55 bits per heavy atom. The van der Waals surface area contributed by atoms with Crippen molar-refractivity contribution in [3.8, 4) is 0 Å². The number of nitrogens with one attached hydrogen (secondary N) is 1. The lowest BCUT2D eigenvalue weighted by molar-refractivity contribution is -0.143. The van der Waals surface area contributed by atoms with E-state index < -0.39 is 35.0 Å². The maximum Gasteiger partial charge on any atom is 0.416 e. The normalized spacial score (nSPS) is 19.4. The highest BCUT2D eigenvalue weighted by Crippen LogP contribution is 2.36. The van der Waals surface area contributed by atoms with Crippen molar-refractivity contribution >= 4 is 11.7 Å². The zero-order chi connectivity index (χ0) is 24.4. The summed E-state index contributed by atoms with van der Waals surface area (Å²) in [6, 6.07) is 2.75. The van der Waals surface area contributed by atoms with Crippen molar-refractivity contribution in [3.63, 3.8) is 0 Å². The lowest BCUT2D eigenvalue weighted by atomic mass is 9.81. The number of alkyl halides is 6. The van der Waals surface area contributed by atoms with Gasteiger partial charge in [-0.2, -0.15) is 26.3 Å². The number of carbonyl (C=O) groups excluding carboxylic acids is 1. The molecule has 5 nitrogen and oxygen atoms in total. The molecular weight excluding hydrogens is 452 g/mol. The van der Waals surface area contributed by atoms with Gasteiger partial charge in [-0.15, -0.1) is 0 Å². The van der Waals surface area contributed by atoms with Crippen LogP contribution in [-0.4, -0.2) is 31.2 Å². The van der Waals surface area contributed by atoms with Crippen molar-refractivity contribution in [1.29, 1.82) is 0 Å². The number of hydrogen-bond donors (Lipinski definition) is 1. The molecule has 0 saturated heterocycles. The van der Waals surface area contributed by atoms with E-state index in [0.29, 0.717) is 18.1 Å². The van der Waals surface area contributed by atoms with Crippen LogP contribution in [0, 0.1) is 18.8 Å². The van der Waals surface area contributed by atoms with Crippen molar-refractivity contribution in [3.05, 3.63) is 46.7 Å². The van der Waals surface area contributed by atoms with E-state index in [1.165, 1.54) is 0 Å². The molecule has 1 saturated carbocycles. The summed E-state index contributed by atoms with van der Waals surface area (Å²) in [6.07, 6.45) is -6.61.